The third-order valence-electron chi connectivity index (χ3n) is 4.08. The second-order valence-corrected chi connectivity index (χ2v) is 5.65. The van der Waals surface area contributed by atoms with Crippen molar-refractivity contribution < 1.29 is 19.1 Å². The molecule has 0 radical (unpaired) electrons. The molecule has 0 aromatic rings. The van der Waals surface area contributed by atoms with E-state index in [-0.39, 0.29) is 17.7 Å². The number of allylic oxidation sites excluding steroid dienone is 3. The van der Waals surface area contributed by atoms with Crippen LogP contribution in [0.2, 0.25) is 0 Å². The van der Waals surface area contributed by atoms with Gasteiger partial charge in [-0.2, -0.15) is 0 Å². The number of ketones is 1. The van der Waals surface area contributed by atoms with Crippen LogP contribution >= 0.6 is 0 Å². The van der Waals surface area contributed by atoms with Gasteiger partial charge in [-0.3, -0.25) is 9.59 Å². The molecule has 2 aliphatic rings. The lowest BCUT2D eigenvalue weighted by Gasteiger charge is -2.13. The van der Waals surface area contributed by atoms with Crippen LogP contribution in [0.3, 0.4) is 0 Å². The molecule has 4 heteroatoms. The van der Waals surface area contributed by atoms with Crippen molar-refractivity contribution in [3.05, 3.63) is 23.2 Å². The van der Waals surface area contributed by atoms with Crippen molar-refractivity contribution in [1.82, 2.24) is 0 Å². The molecule has 0 aromatic carbocycles. The molecule has 0 bridgehead atoms. The van der Waals surface area contributed by atoms with Crippen molar-refractivity contribution >= 4 is 11.8 Å². The average molecular weight is 292 g/mol. The molecule has 0 aromatic heterocycles. The SMILES string of the molecule is CCCCC1C2=C(O2)C(=O)/C1=C\CCCCCC(=O)OC. The van der Waals surface area contributed by atoms with Crippen LogP contribution in [0.4, 0.5) is 0 Å². The predicted octanol–water partition coefficient (Wildman–Crippen LogP) is 3.67. The molecular formula is C17H24O4. The van der Waals surface area contributed by atoms with Crippen molar-refractivity contribution in [2.45, 2.75) is 58.3 Å². The monoisotopic (exact) mass is 292 g/mol. The molecule has 0 fully saturated rings. The number of esters is 1. The number of rotatable bonds is 9. The third-order valence-corrected chi connectivity index (χ3v) is 4.08. The van der Waals surface area contributed by atoms with Crippen LogP contribution in [0.1, 0.15) is 58.3 Å². The van der Waals surface area contributed by atoms with Crippen LogP contribution in [-0.4, -0.2) is 18.9 Å². The summed E-state index contributed by atoms with van der Waals surface area (Å²) in [5, 5.41) is 0. The summed E-state index contributed by atoms with van der Waals surface area (Å²) in [6, 6.07) is 0. The molecule has 0 N–H and O–H groups in total. The maximum absolute atomic E-state index is 12.1. The third kappa shape index (κ3) is 3.96. The molecule has 4 nitrogen and oxygen atoms in total. The number of unbranched alkanes of at least 4 members (excludes halogenated alkanes) is 4. The van der Waals surface area contributed by atoms with Gasteiger partial charge >= 0.3 is 5.97 Å². The van der Waals surface area contributed by atoms with E-state index in [0.29, 0.717) is 12.2 Å². The van der Waals surface area contributed by atoms with Gasteiger partial charge in [0.15, 0.2) is 5.76 Å². The fourth-order valence-corrected chi connectivity index (χ4v) is 2.78. The van der Waals surface area contributed by atoms with E-state index < -0.39 is 0 Å². The smallest absolute Gasteiger partial charge is 0.305 e. The van der Waals surface area contributed by atoms with E-state index >= 15 is 0 Å². The largest absolute Gasteiger partial charge is 0.469 e. The Hall–Kier alpha value is -1.58. The Morgan fingerprint density at radius 1 is 1.29 bits per heavy atom. The van der Waals surface area contributed by atoms with Gasteiger partial charge in [0.1, 0.15) is 0 Å². The number of carbonyl (C=O) groups excluding carboxylic acids is 2. The van der Waals surface area contributed by atoms with E-state index in [1.807, 2.05) is 0 Å². The molecule has 1 atom stereocenters. The number of carbonyl (C=O) groups is 2. The van der Waals surface area contributed by atoms with Crippen LogP contribution in [0.25, 0.3) is 0 Å². The van der Waals surface area contributed by atoms with Gasteiger partial charge in [0.05, 0.1) is 7.11 Å². The molecule has 2 rings (SSSR count). The molecule has 1 heterocycles. The predicted molar refractivity (Wildman–Crippen MR) is 79.3 cm³/mol. The van der Waals surface area contributed by atoms with Crippen molar-refractivity contribution in [3.63, 3.8) is 0 Å². The second-order valence-electron chi connectivity index (χ2n) is 5.65. The molecule has 1 unspecified atom stereocenters. The van der Waals surface area contributed by atoms with Crippen LogP contribution in [-0.2, 0) is 19.1 Å². The first kappa shape index (κ1) is 15.8. The first-order chi connectivity index (χ1) is 10.2. The Kier molecular flexibility index (Phi) is 5.59. The second kappa shape index (κ2) is 7.43. The standard InChI is InChI=1S/C17H24O4/c1-3-4-9-13-12(15(19)17-16(13)21-17)10-7-5-6-8-11-14(18)20-2/h10,13H,3-9,11H2,1-2H3/b12-10-. The van der Waals surface area contributed by atoms with Crippen molar-refractivity contribution in [3.8, 4) is 0 Å². The first-order valence-corrected chi connectivity index (χ1v) is 7.92. The van der Waals surface area contributed by atoms with Crippen LogP contribution in [0, 0.1) is 5.92 Å². The molecule has 0 spiro atoms. The van der Waals surface area contributed by atoms with E-state index in [1.165, 1.54) is 7.11 Å². The molecule has 116 valence electrons. The summed E-state index contributed by atoms with van der Waals surface area (Å²) < 4.78 is 9.89. The Morgan fingerprint density at radius 2 is 2.10 bits per heavy atom. The van der Waals surface area contributed by atoms with Crippen molar-refractivity contribution in [1.29, 1.82) is 0 Å². The fraction of sp³-hybridized carbons (Fsp3) is 0.647. The summed E-state index contributed by atoms with van der Waals surface area (Å²) in [5.74, 6) is 1.69. The lowest BCUT2D eigenvalue weighted by atomic mass is 9.93. The van der Waals surface area contributed by atoms with E-state index in [1.54, 1.807) is 0 Å². The normalized spacial score (nSPS) is 21.5. The lowest BCUT2D eigenvalue weighted by molar-refractivity contribution is -0.140. The molecular weight excluding hydrogens is 268 g/mol. The van der Waals surface area contributed by atoms with Crippen molar-refractivity contribution in [2.24, 2.45) is 5.92 Å². The number of hydrogen-bond donors (Lipinski definition) is 0. The highest BCUT2D eigenvalue weighted by atomic mass is 16.6. The van der Waals surface area contributed by atoms with Gasteiger partial charge in [-0.25, -0.2) is 0 Å². The summed E-state index contributed by atoms with van der Waals surface area (Å²) in [5.41, 5.74) is 0.938. The zero-order chi connectivity index (χ0) is 15.2. The van der Waals surface area contributed by atoms with Gasteiger partial charge in [0, 0.05) is 17.9 Å². The van der Waals surface area contributed by atoms with Crippen LogP contribution in [0.15, 0.2) is 23.2 Å². The average Bonchev–Trinajstić information content (AvgIpc) is 3.23. The number of hydrogen-bond acceptors (Lipinski definition) is 4. The first-order valence-electron chi connectivity index (χ1n) is 7.92. The summed E-state index contributed by atoms with van der Waals surface area (Å²) in [4.78, 5) is 23.0. The molecule has 1 aliphatic heterocycles. The summed E-state index contributed by atoms with van der Waals surface area (Å²) in [6.45, 7) is 2.16. The number of methoxy groups -OCH3 is 1. The van der Waals surface area contributed by atoms with Gasteiger partial charge < -0.3 is 9.47 Å². The van der Waals surface area contributed by atoms with E-state index in [2.05, 4.69) is 17.7 Å². The highest BCUT2D eigenvalue weighted by molar-refractivity contribution is 6.13. The molecule has 1 aliphatic carbocycles. The van der Waals surface area contributed by atoms with E-state index in [0.717, 1.165) is 56.3 Å². The Bertz CT molecular complexity index is 473. The van der Waals surface area contributed by atoms with Gasteiger partial charge in [-0.05, 0) is 25.7 Å². The van der Waals surface area contributed by atoms with E-state index in [4.69, 9.17) is 4.74 Å². The summed E-state index contributed by atoms with van der Waals surface area (Å²) >= 11 is 0. The quantitative estimate of drug-likeness (QED) is 0.369. The van der Waals surface area contributed by atoms with Gasteiger partial charge in [-0.1, -0.05) is 32.3 Å². The Morgan fingerprint density at radius 3 is 2.81 bits per heavy atom. The minimum absolute atomic E-state index is 0.0978. The molecule has 0 saturated carbocycles. The zero-order valence-corrected chi connectivity index (χ0v) is 12.9. The highest BCUT2D eigenvalue weighted by Crippen LogP contribution is 2.48. The number of Topliss-reactive ketones (excluding diaryl/α,β-unsaturated/α-hetero) is 1. The van der Waals surface area contributed by atoms with Crippen molar-refractivity contribution in [2.75, 3.05) is 7.11 Å². The van der Waals surface area contributed by atoms with E-state index in [9.17, 15) is 9.59 Å². The maximum Gasteiger partial charge on any atom is 0.305 e. The maximum atomic E-state index is 12.1. The minimum atomic E-state index is -0.149. The van der Waals surface area contributed by atoms with Gasteiger partial charge in [0.25, 0.3) is 0 Å². The minimum Gasteiger partial charge on any atom is -0.469 e. The van der Waals surface area contributed by atoms with Crippen LogP contribution < -0.4 is 0 Å². The lowest BCUT2D eigenvalue weighted by Crippen LogP contribution is -2.10. The molecule has 0 amide bonds. The highest BCUT2D eigenvalue weighted by Gasteiger charge is 2.49. The molecule has 21 heavy (non-hydrogen) atoms. The van der Waals surface area contributed by atoms with Gasteiger partial charge in [0.2, 0.25) is 11.5 Å². The summed E-state index contributed by atoms with van der Waals surface area (Å²) in [7, 11) is 1.41. The number of ether oxygens (including phenoxy) is 2. The van der Waals surface area contributed by atoms with Gasteiger partial charge in [-0.15, -0.1) is 0 Å². The molecule has 0 saturated heterocycles. The Balaban J connectivity index is 1.73. The topological polar surface area (TPSA) is 55.9 Å². The Labute approximate surface area is 126 Å². The fourth-order valence-electron chi connectivity index (χ4n) is 2.78. The zero-order valence-electron chi connectivity index (χ0n) is 12.9. The van der Waals surface area contributed by atoms with Crippen LogP contribution in [0.5, 0.6) is 0 Å². The summed E-state index contributed by atoms with van der Waals surface area (Å²) in [6.07, 6.45) is 9.55.